The van der Waals surface area contributed by atoms with Gasteiger partial charge in [-0.25, -0.2) is 0 Å². The number of pyridine rings is 1. The third kappa shape index (κ3) is 4.55. The maximum absolute atomic E-state index is 5.68. The largest absolute Gasteiger partial charge is 0.492 e. The van der Waals surface area contributed by atoms with Gasteiger partial charge in [-0.15, -0.1) is 0 Å². The zero-order valence-corrected chi connectivity index (χ0v) is 14.1. The Kier molecular flexibility index (Phi) is 6.21. The summed E-state index contributed by atoms with van der Waals surface area (Å²) < 4.78 is 6.76. The van der Waals surface area contributed by atoms with Crippen molar-refractivity contribution in [3.05, 3.63) is 58.3 Å². The van der Waals surface area contributed by atoms with Gasteiger partial charge < -0.3 is 10.1 Å². The fraction of sp³-hybridized carbons (Fsp3) is 0.353. The summed E-state index contributed by atoms with van der Waals surface area (Å²) in [7, 11) is 0. The number of hydrogen-bond donors (Lipinski definition) is 1. The summed E-state index contributed by atoms with van der Waals surface area (Å²) in [6, 6.07) is 10.6. The second kappa shape index (κ2) is 8.15. The zero-order chi connectivity index (χ0) is 15.1. The molecule has 1 atom stereocenters. The van der Waals surface area contributed by atoms with E-state index >= 15 is 0 Å². The Bertz CT molecular complexity index is 557. The Labute approximate surface area is 134 Å². The van der Waals surface area contributed by atoms with Gasteiger partial charge in [0.25, 0.3) is 0 Å². The Morgan fingerprint density at radius 1 is 1.14 bits per heavy atom. The van der Waals surface area contributed by atoms with Crippen LogP contribution in [0.1, 0.15) is 37.4 Å². The molecule has 1 unspecified atom stereocenters. The van der Waals surface area contributed by atoms with Crippen molar-refractivity contribution in [2.24, 2.45) is 0 Å². The first-order valence-corrected chi connectivity index (χ1v) is 8.10. The lowest BCUT2D eigenvalue weighted by Crippen LogP contribution is -2.22. The average Bonchev–Trinajstić information content (AvgIpc) is 2.52. The van der Waals surface area contributed by atoms with Crippen molar-refractivity contribution in [2.45, 2.75) is 26.3 Å². The van der Waals surface area contributed by atoms with E-state index in [0.717, 1.165) is 35.4 Å². The van der Waals surface area contributed by atoms with Crippen LogP contribution in [0.2, 0.25) is 0 Å². The number of nitrogens with zero attached hydrogens (tertiary/aromatic N) is 1. The predicted octanol–water partition coefficient (Wildman–Crippen LogP) is 4.33. The van der Waals surface area contributed by atoms with E-state index in [1.165, 1.54) is 5.56 Å². The van der Waals surface area contributed by atoms with Crippen LogP contribution >= 0.6 is 15.9 Å². The Morgan fingerprint density at radius 2 is 1.90 bits per heavy atom. The van der Waals surface area contributed by atoms with E-state index in [-0.39, 0.29) is 6.04 Å². The molecule has 0 aliphatic carbocycles. The van der Waals surface area contributed by atoms with Gasteiger partial charge in [0.1, 0.15) is 5.75 Å². The van der Waals surface area contributed by atoms with E-state index in [4.69, 9.17) is 4.74 Å². The fourth-order valence-electron chi connectivity index (χ4n) is 2.18. The molecule has 1 aromatic carbocycles. The zero-order valence-electron chi connectivity index (χ0n) is 12.5. The van der Waals surface area contributed by atoms with Gasteiger partial charge in [-0.1, -0.05) is 41.9 Å². The van der Waals surface area contributed by atoms with Gasteiger partial charge in [-0.05, 0) is 42.3 Å². The molecule has 3 nitrogen and oxygen atoms in total. The Balaban J connectivity index is 2.27. The van der Waals surface area contributed by atoms with Crippen LogP contribution in [0.3, 0.4) is 0 Å². The van der Waals surface area contributed by atoms with Gasteiger partial charge >= 0.3 is 0 Å². The monoisotopic (exact) mass is 348 g/mol. The molecule has 2 rings (SSSR count). The third-order valence-electron chi connectivity index (χ3n) is 3.15. The summed E-state index contributed by atoms with van der Waals surface area (Å²) in [4.78, 5) is 4.31. The maximum Gasteiger partial charge on any atom is 0.137 e. The van der Waals surface area contributed by atoms with E-state index in [1.807, 2.05) is 6.20 Å². The quantitative estimate of drug-likeness (QED) is 0.808. The summed E-state index contributed by atoms with van der Waals surface area (Å²) in [5, 5.41) is 3.51. The summed E-state index contributed by atoms with van der Waals surface area (Å²) in [6.07, 6.45) is 4.66. The minimum atomic E-state index is 0.126. The summed E-state index contributed by atoms with van der Waals surface area (Å²) in [5.41, 5.74) is 2.34. The first-order valence-electron chi connectivity index (χ1n) is 7.31. The lowest BCUT2D eigenvalue weighted by atomic mass is 10.00. The smallest absolute Gasteiger partial charge is 0.137 e. The number of ether oxygens (including phenoxy) is 1. The van der Waals surface area contributed by atoms with E-state index < -0.39 is 0 Å². The van der Waals surface area contributed by atoms with E-state index in [1.54, 1.807) is 6.20 Å². The maximum atomic E-state index is 5.68. The van der Waals surface area contributed by atoms with Crippen LogP contribution in [-0.4, -0.2) is 18.1 Å². The molecule has 1 heterocycles. The van der Waals surface area contributed by atoms with E-state index in [9.17, 15) is 0 Å². The van der Waals surface area contributed by atoms with Crippen molar-refractivity contribution >= 4 is 15.9 Å². The predicted molar refractivity (Wildman–Crippen MR) is 89.7 cm³/mol. The molecule has 0 spiro atoms. The molecule has 0 saturated carbocycles. The standard InChI is InChI=1S/C17H21BrN2O/c1-3-9-21-16-10-14(11-19-12-16)17(20-4-2)13-5-7-15(18)8-6-13/h5-8,10-12,17,20H,3-4,9H2,1-2H3. The first-order chi connectivity index (χ1) is 10.2. The molecule has 1 N–H and O–H groups in total. The molecule has 1 aromatic heterocycles. The number of halogens is 1. The van der Waals surface area contributed by atoms with E-state index in [2.05, 4.69) is 70.4 Å². The molecule has 112 valence electrons. The molecule has 4 heteroatoms. The third-order valence-corrected chi connectivity index (χ3v) is 3.68. The molecule has 0 amide bonds. The lowest BCUT2D eigenvalue weighted by Gasteiger charge is -2.19. The number of hydrogen-bond acceptors (Lipinski definition) is 3. The lowest BCUT2D eigenvalue weighted by molar-refractivity contribution is 0.315. The summed E-state index contributed by atoms with van der Waals surface area (Å²) in [6.45, 7) is 5.81. The van der Waals surface area contributed by atoms with Crippen LogP contribution in [0.25, 0.3) is 0 Å². The highest BCUT2D eigenvalue weighted by atomic mass is 79.9. The number of benzene rings is 1. The minimum absolute atomic E-state index is 0.126. The molecule has 21 heavy (non-hydrogen) atoms. The summed E-state index contributed by atoms with van der Waals surface area (Å²) >= 11 is 3.48. The molecule has 2 aromatic rings. The van der Waals surface area contributed by atoms with Crippen molar-refractivity contribution in [2.75, 3.05) is 13.2 Å². The van der Waals surface area contributed by atoms with Gasteiger partial charge in [0.05, 0.1) is 18.8 Å². The summed E-state index contributed by atoms with van der Waals surface area (Å²) in [5.74, 6) is 0.828. The minimum Gasteiger partial charge on any atom is -0.492 e. The van der Waals surface area contributed by atoms with Crippen molar-refractivity contribution in [1.82, 2.24) is 10.3 Å². The van der Waals surface area contributed by atoms with Crippen LogP contribution in [0.15, 0.2) is 47.2 Å². The Hall–Kier alpha value is -1.39. The highest BCUT2D eigenvalue weighted by Gasteiger charge is 2.14. The average molecular weight is 349 g/mol. The van der Waals surface area contributed by atoms with Gasteiger partial charge in [-0.2, -0.15) is 0 Å². The normalized spacial score (nSPS) is 12.1. The first kappa shape index (κ1) is 16.0. The highest BCUT2D eigenvalue weighted by molar-refractivity contribution is 9.10. The second-order valence-corrected chi connectivity index (χ2v) is 5.76. The van der Waals surface area contributed by atoms with E-state index in [0.29, 0.717) is 0 Å². The molecular formula is C17H21BrN2O. The Morgan fingerprint density at radius 3 is 2.57 bits per heavy atom. The van der Waals surface area contributed by atoms with Crippen LogP contribution in [0.4, 0.5) is 0 Å². The number of rotatable bonds is 7. The molecule has 0 aliphatic rings. The SMILES string of the molecule is CCCOc1cncc(C(NCC)c2ccc(Br)cc2)c1. The van der Waals surface area contributed by atoms with Crippen molar-refractivity contribution in [3.8, 4) is 5.75 Å². The van der Waals surface area contributed by atoms with Crippen LogP contribution in [0.5, 0.6) is 5.75 Å². The van der Waals surface area contributed by atoms with Crippen LogP contribution in [0, 0.1) is 0 Å². The molecular weight excluding hydrogens is 328 g/mol. The molecule has 0 aliphatic heterocycles. The number of aromatic nitrogens is 1. The van der Waals surface area contributed by atoms with Crippen molar-refractivity contribution < 1.29 is 4.74 Å². The van der Waals surface area contributed by atoms with Gasteiger partial charge in [-0.3, -0.25) is 4.98 Å². The fourth-order valence-corrected chi connectivity index (χ4v) is 2.44. The van der Waals surface area contributed by atoms with Crippen molar-refractivity contribution in [1.29, 1.82) is 0 Å². The number of nitrogens with one attached hydrogen (secondary N) is 1. The molecule has 0 bridgehead atoms. The highest BCUT2D eigenvalue weighted by Crippen LogP contribution is 2.25. The molecule has 0 radical (unpaired) electrons. The second-order valence-electron chi connectivity index (χ2n) is 4.84. The van der Waals surface area contributed by atoms with Gasteiger partial charge in [0, 0.05) is 10.7 Å². The molecule has 0 fully saturated rings. The van der Waals surface area contributed by atoms with Gasteiger partial charge in [0.15, 0.2) is 0 Å². The van der Waals surface area contributed by atoms with Gasteiger partial charge in [0.2, 0.25) is 0 Å². The van der Waals surface area contributed by atoms with Crippen molar-refractivity contribution in [3.63, 3.8) is 0 Å². The van der Waals surface area contributed by atoms with Crippen LogP contribution < -0.4 is 10.1 Å². The molecule has 0 saturated heterocycles. The van der Waals surface area contributed by atoms with Crippen LogP contribution in [-0.2, 0) is 0 Å². The topological polar surface area (TPSA) is 34.1 Å².